The number of likely N-dealkylation sites (tertiary alicyclic amines) is 1. The van der Waals surface area contributed by atoms with Gasteiger partial charge in [-0.25, -0.2) is 0 Å². The molecule has 1 aromatic carbocycles. The minimum Gasteiger partial charge on any atom is -0.299 e. The highest BCUT2D eigenvalue weighted by Crippen LogP contribution is 2.46. The third kappa shape index (κ3) is 3.83. The highest BCUT2D eigenvalue weighted by atomic mass is 35.9. The zero-order valence-electron chi connectivity index (χ0n) is 10.1. The van der Waals surface area contributed by atoms with E-state index >= 15 is 0 Å². The monoisotopic (exact) mass is 289 g/mol. The van der Waals surface area contributed by atoms with Crippen molar-refractivity contribution < 1.29 is 0 Å². The maximum absolute atomic E-state index is 6.09. The number of benzene rings is 1. The standard InChI is InChI=1S/C13H18Cl2NP/c1-11-5-6-13(17(14)15)12(9-11)10-16-7-3-2-4-8-16/h5-6,9H,2-4,7-8,10H2,1H3. The molecule has 1 heterocycles. The number of rotatable bonds is 3. The maximum atomic E-state index is 6.09. The van der Waals surface area contributed by atoms with Crippen molar-refractivity contribution in [2.24, 2.45) is 0 Å². The highest BCUT2D eigenvalue weighted by Gasteiger charge is 2.15. The Morgan fingerprint density at radius 2 is 1.88 bits per heavy atom. The fourth-order valence-electron chi connectivity index (χ4n) is 2.36. The summed E-state index contributed by atoms with van der Waals surface area (Å²) in [6.07, 6.45) is 4.00. The lowest BCUT2D eigenvalue weighted by atomic mass is 10.1. The fourth-order valence-corrected chi connectivity index (χ4v) is 3.89. The van der Waals surface area contributed by atoms with Crippen molar-refractivity contribution in [3.8, 4) is 0 Å². The molecule has 0 atom stereocenters. The van der Waals surface area contributed by atoms with Gasteiger partial charge in [0.05, 0.1) is 0 Å². The van der Waals surface area contributed by atoms with Crippen molar-refractivity contribution in [3.63, 3.8) is 0 Å². The number of aryl methyl sites for hydroxylation is 1. The summed E-state index contributed by atoms with van der Waals surface area (Å²) in [6, 6.07) is 6.40. The van der Waals surface area contributed by atoms with Gasteiger partial charge in [0.25, 0.3) is 0 Å². The van der Waals surface area contributed by atoms with Gasteiger partial charge in [-0.3, -0.25) is 4.90 Å². The van der Waals surface area contributed by atoms with Gasteiger partial charge < -0.3 is 0 Å². The number of nitrogens with zero attached hydrogens (tertiary/aromatic N) is 1. The SMILES string of the molecule is Cc1ccc(P(Cl)Cl)c(CN2CCCCC2)c1. The van der Waals surface area contributed by atoms with Crippen LogP contribution in [-0.2, 0) is 6.54 Å². The Labute approximate surface area is 114 Å². The summed E-state index contributed by atoms with van der Waals surface area (Å²) in [6.45, 7) is 4.49. The van der Waals surface area contributed by atoms with Gasteiger partial charge in [0.1, 0.15) is 6.63 Å². The molecule has 0 saturated carbocycles. The van der Waals surface area contributed by atoms with E-state index in [2.05, 4.69) is 30.0 Å². The summed E-state index contributed by atoms with van der Waals surface area (Å²) < 4.78 is 0. The van der Waals surface area contributed by atoms with Crippen molar-refractivity contribution in [2.75, 3.05) is 13.1 Å². The van der Waals surface area contributed by atoms with Crippen molar-refractivity contribution in [2.45, 2.75) is 32.7 Å². The number of halogens is 2. The smallest absolute Gasteiger partial charge is 0.117 e. The molecular weight excluding hydrogens is 272 g/mol. The molecular formula is C13H18Cl2NP. The minimum atomic E-state index is -1.04. The van der Waals surface area contributed by atoms with Crippen LogP contribution < -0.4 is 5.30 Å². The van der Waals surface area contributed by atoms with Crippen LogP contribution in [0.15, 0.2) is 18.2 Å². The Morgan fingerprint density at radius 1 is 1.18 bits per heavy atom. The van der Waals surface area contributed by atoms with Gasteiger partial charge in [0.15, 0.2) is 0 Å². The number of hydrogen-bond acceptors (Lipinski definition) is 1. The third-order valence-electron chi connectivity index (χ3n) is 3.26. The van der Waals surface area contributed by atoms with Gasteiger partial charge in [0, 0.05) is 11.8 Å². The molecule has 0 spiro atoms. The fraction of sp³-hybridized carbons (Fsp3) is 0.538. The van der Waals surface area contributed by atoms with Gasteiger partial charge in [-0.1, -0.05) is 52.7 Å². The van der Waals surface area contributed by atoms with Crippen LogP contribution in [0, 0.1) is 6.92 Å². The second kappa shape index (κ2) is 6.38. The highest BCUT2D eigenvalue weighted by molar-refractivity contribution is 8.08. The zero-order valence-corrected chi connectivity index (χ0v) is 12.5. The molecule has 1 saturated heterocycles. The quantitative estimate of drug-likeness (QED) is 0.746. The maximum Gasteiger partial charge on any atom is 0.117 e. The van der Waals surface area contributed by atoms with Gasteiger partial charge in [-0.2, -0.15) is 0 Å². The predicted molar refractivity (Wildman–Crippen MR) is 78.6 cm³/mol. The molecule has 0 aromatic heterocycles. The second-order valence-corrected chi connectivity index (χ2v) is 8.20. The van der Waals surface area contributed by atoms with Gasteiger partial charge in [-0.15, -0.1) is 0 Å². The average molecular weight is 290 g/mol. The van der Waals surface area contributed by atoms with Crippen LogP contribution in [0.4, 0.5) is 0 Å². The van der Waals surface area contributed by atoms with E-state index in [4.69, 9.17) is 22.5 Å². The molecule has 1 aliphatic rings. The minimum absolute atomic E-state index is 0.995. The van der Waals surface area contributed by atoms with E-state index in [0.29, 0.717) is 0 Å². The molecule has 1 nitrogen and oxygen atoms in total. The van der Waals surface area contributed by atoms with Crippen LogP contribution in [0.2, 0.25) is 0 Å². The third-order valence-corrected chi connectivity index (χ3v) is 5.15. The van der Waals surface area contributed by atoms with Crippen LogP contribution >= 0.6 is 29.1 Å². The lowest BCUT2D eigenvalue weighted by molar-refractivity contribution is 0.221. The Kier molecular flexibility index (Phi) is 5.11. The van der Waals surface area contributed by atoms with Crippen molar-refractivity contribution in [3.05, 3.63) is 29.3 Å². The zero-order chi connectivity index (χ0) is 12.3. The molecule has 4 heteroatoms. The molecule has 1 aliphatic heterocycles. The summed E-state index contributed by atoms with van der Waals surface area (Å²) in [5.41, 5.74) is 2.59. The van der Waals surface area contributed by atoms with Crippen LogP contribution in [0.25, 0.3) is 0 Å². The van der Waals surface area contributed by atoms with E-state index in [1.807, 2.05) is 0 Å². The Balaban J connectivity index is 2.14. The van der Waals surface area contributed by atoms with Crippen molar-refractivity contribution >= 4 is 34.4 Å². The number of piperidine rings is 1. The van der Waals surface area contributed by atoms with Crippen LogP contribution in [-0.4, -0.2) is 18.0 Å². The first-order valence-electron chi connectivity index (χ1n) is 6.10. The molecule has 17 heavy (non-hydrogen) atoms. The van der Waals surface area contributed by atoms with Gasteiger partial charge in [-0.05, 0) is 38.4 Å². The first-order valence-corrected chi connectivity index (χ1v) is 9.25. The van der Waals surface area contributed by atoms with E-state index in [1.165, 1.54) is 43.5 Å². The summed E-state index contributed by atoms with van der Waals surface area (Å²) in [5.74, 6) is 0. The summed E-state index contributed by atoms with van der Waals surface area (Å²) in [4.78, 5) is 2.51. The van der Waals surface area contributed by atoms with Crippen LogP contribution in [0.5, 0.6) is 0 Å². The molecule has 2 rings (SSSR count). The Morgan fingerprint density at radius 3 is 2.53 bits per heavy atom. The summed E-state index contributed by atoms with van der Waals surface area (Å²) >= 11 is 12.2. The molecule has 0 bridgehead atoms. The Bertz CT molecular complexity index is 376. The average Bonchev–Trinajstić information content (AvgIpc) is 2.30. The first-order chi connectivity index (χ1) is 8.16. The normalized spacial score (nSPS) is 17.6. The molecule has 0 N–H and O–H groups in total. The topological polar surface area (TPSA) is 3.24 Å². The van der Waals surface area contributed by atoms with E-state index in [0.717, 1.165) is 11.8 Å². The summed E-state index contributed by atoms with van der Waals surface area (Å²) in [7, 11) is 0. The molecule has 0 amide bonds. The molecule has 0 radical (unpaired) electrons. The van der Waals surface area contributed by atoms with Crippen molar-refractivity contribution in [1.82, 2.24) is 4.90 Å². The second-order valence-electron chi connectivity index (χ2n) is 4.70. The van der Waals surface area contributed by atoms with E-state index in [-0.39, 0.29) is 0 Å². The molecule has 0 aliphatic carbocycles. The predicted octanol–water partition coefficient (Wildman–Crippen LogP) is 4.40. The van der Waals surface area contributed by atoms with Crippen LogP contribution in [0.3, 0.4) is 0 Å². The number of hydrogen-bond donors (Lipinski definition) is 0. The van der Waals surface area contributed by atoms with E-state index in [9.17, 15) is 0 Å². The van der Waals surface area contributed by atoms with Gasteiger partial charge >= 0.3 is 0 Å². The largest absolute Gasteiger partial charge is 0.299 e. The van der Waals surface area contributed by atoms with Crippen LogP contribution in [0.1, 0.15) is 30.4 Å². The lowest BCUT2D eigenvalue weighted by Crippen LogP contribution is -2.30. The lowest BCUT2D eigenvalue weighted by Gasteiger charge is -2.27. The molecule has 0 unspecified atom stereocenters. The Hall–Kier alpha value is 0.190. The van der Waals surface area contributed by atoms with Crippen molar-refractivity contribution in [1.29, 1.82) is 0 Å². The van der Waals surface area contributed by atoms with E-state index < -0.39 is 6.63 Å². The first kappa shape index (κ1) is 13.6. The summed E-state index contributed by atoms with van der Waals surface area (Å²) in [5, 5.41) is 1.12. The molecule has 1 fully saturated rings. The van der Waals surface area contributed by atoms with Gasteiger partial charge in [0.2, 0.25) is 0 Å². The molecule has 94 valence electrons. The van der Waals surface area contributed by atoms with E-state index in [1.54, 1.807) is 0 Å². The molecule has 1 aromatic rings.